The van der Waals surface area contributed by atoms with Crippen molar-refractivity contribution in [3.05, 3.63) is 46.2 Å². The van der Waals surface area contributed by atoms with E-state index in [0.717, 1.165) is 10.0 Å². The van der Waals surface area contributed by atoms with Gasteiger partial charge in [-0.15, -0.1) is 0 Å². The first kappa shape index (κ1) is 20.6. The van der Waals surface area contributed by atoms with Crippen molar-refractivity contribution >= 4 is 27.5 Å². The summed E-state index contributed by atoms with van der Waals surface area (Å²) in [6.07, 6.45) is 3.85. The van der Waals surface area contributed by atoms with E-state index in [0.29, 0.717) is 17.7 Å². The fourth-order valence-corrected chi connectivity index (χ4v) is 3.73. The fourth-order valence-electron chi connectivity index (χ4n) is 3.52. The van der Waals surface area contributed by atoms with Crippen LogP contribution >= 0.6 is 15.9 Å². The predicted octanol–water partition coefficient (Wildman–Crippen LogP) is 4.40. The molecule has 0 radical (unpaired) electrons. The van der Waals surface area contributed by atoms with Crippen LogP contribution in [0.1, 0.15) is 51.7 Å². The van der Waals surface area contributed by atoms with Gasteiger partial charge >= 0.3 is 6.01 Å². The largest absolute Gasteiger partial charge is 0.424 e. The third-order valence-electron chi connectivity index (χ3n) is 4.84. The van der Waals surface area contributed by atoms with E-state index in [9.17, 15) is 9.59 Å². The number of halogens is 1. The molecule has 0 aliphatic carbocycles. The third kappa shape index (κ3) is 3.86. The van der Waals surface area contributed by atoms with Crippen molar-refractivity contribution in [1.82, 2.24) is 9.97 Å². The Morgan fingerprint density at radius 3 is 2.18 bits per heavy atom. The molecule has 1 saturated heterocycles. The third-order valence-corrected chi connectivity index (χ3v) is 5.25. The van der Waals surface area contributed by atoms with Crippen LogP contribution in [0.15, 0.2) is 35.1 Å². The topological polar surface area (TPSA) is 78.4 Å². The van der Waals surface area contributed by atoms with E-state index in [1.54, 1.807) is 52.2 Å². The zero-order valence-corrected chi connectivity index (χ0v) is 18.2. The number of Topliss-reactive ketones (excluding diaryl/α,β-unsaturated/α-hetero) is 2. The van der Waals surface area contributed by atoms with E-state index < -0.39 is 17.1 Å². The quantitative estimate of drug-likeness (QED) is 0.647. The first-order chi connectivity index (χ1) is 13.0. The lowest BCUT2D eigenvalue weighted by Crippen LogP contribution is -2.58. The van der Waals surface area contributed by atoms with E-state index in [4.69, 9.17) is 9.47 Å². The fraction of sp³-hybridized carbons (Fsp3) is 0.429. The maximum Gasteiger partial charge on any atom is 0.321 e. The predicted molar refractivity (Wildman–Crippen MR) is 108 cm³/mol. The van der Waals surface area contributed by atoms with E-state index >= 15 is 0 Å². The molecule has 0 amide bonds. The van der Waals surface area contributed by atoms with Crippen LogP contribution in [-0.4, -0.2) is 32.7 Å². The summed E-state index contributed by atoms with van der Waals surface area (Å²) in [5.74, 6) is -0.924. The molecule has 0 unspecified atom stereocenters. The number of carbonyl (C=O) groups excluding carboxylic acids is 2. The monoisotopic (exact) mass is 446 g/mol. The standard InChI is InChI=1S/C21H23BrN2O4/c1-6-12-7-8-14(27-19-23-10-13(22)11-24-19)9-15(12)16-17(25)20(2,3)28-21(4,5)18(16)26/h7-11,16H,6H2,1-5H3. The molecule has 1 aliphatic rings. The Hall–Kier alpha value is -2.12. The van der Waals surface area contributed by atoms with Gasteiger partial charge in [-0.1, -0.05) is 13.0 Å². The van der Waals surface area contributed by atoms with E-state index in [2.05, 4.69) is 25.9 Å². The van der Waals surface area contributed by atoms with Crippen LogP contribution in [0.2, 0.25) is 0 Å². The lowest BCUT2D eigenvalue weighted by molar-refractivity contribution is -0.184. The SMILES string of the molecule is CCc1ccc(Oc2ncc(Br)cn2)cc1C1C(=O)C(C)(C)OC(C)(C)C1=O. The number of hydrogen-bond donors (Lipinski definition) is 0. The maximum absolute atomic E-state index is 13.1. The Morgan fingerprint density at radius 1 is 1.07 bits per heavy atom. The molecule has 7 heteroatoms. The van der Waals surface area contributed by atoms with Crippen LogP contribution in [0.4, 0.5) is 0 Å². The van der Waals surface area contributed by atoms with Gasteiger partial charge < -0.3 is 9.47 Å². The lowest BCUT2D eigenvalue weighted by Gasteiger charge is -2.43. The minimum absolute atomic E-state index is 0.184. The highest BCUT2D eigenvalue weighted by Gasteiger charge is 2.53. The van der Waals surface area contributed by atoms with Crippen molar-refractivity contribution in [3.63, 3.8) is 0 Å². The van der Waals surface area contributed by atoms with Crippen molar-refractivity contribution in [2.75, 3.05) is 0 Å². The number of carbonyl (C=O) groups is 2. The number of ketones is 2. The summed E-state index contributed by atoms with van der Waals surface area (Å²) in [6, 6.07) is 5.59. The average Bonchev–Trinajstić information content (AvgIpc) is 2.62. The maximum atomic E-state index is 13.1. The first-order valence-corrected chi connectivity index (χ1v) is 9.91. The number of nitrogens with zero attached hydrogens (tertiary/aromatic N) is 2. The Kier molecular flexibility index (Phi) is 5.42. The average molecular weight is 447 g/mol. The van der Waals surface area contributed by atoms with Crippen LogP contribution in [0.25, 0.3) is 0 Å². The van der Waals surface area contributed by atoms with E-state index in [1.165, 1.54) is 0 Å². The first-order valence-electron chi connectivity index (χ1n) is 9.12. The van der Waals surface area contributed by atoms with Crippen LogP contribution in [-0.2, 0) is 20.7 Å². The zero-order valence-electron chi connectivity index (χ0n) is 16.6. The van der Waals surface area contributed by atoms with Crippen LogP contribution in [0, 0.1) is 0 Å². The minimum atomic E-state index is -1.06. The Morgan fingerprint density at radius 2 is 1.64 bits per heavy atom. The second-order valence-corrected chi connectivity index (χ2v) is 8.70. The van der Waals surface area contributed by atoms with Gasteiger partial charge in [0, 0.05) is 12.4 Å². The summed E-state index contributed by atoms with van der Waals surface area (Å²) in [7, 11) is 0. The van der Waals surface area contributed by atoms with Gasteiger partial charge in [-0.25, -0.2) is 9.97 Å². The summed E-state index contributed by atoms with van der Waals surface area (Å²) in [6.45, 7) is 8.81. The molecule has 1 aliphatic heterocycles. The van der Waals surface area contributed by atoms with Crippen LogP contribution < -0.4 is 4.74 Å². The van der Waals surface area contributed by atoms with Crippen LogP contribution in [0.3, 0.4) is 0 Å². The number of aryl methyl sites for hydroxylation is 1. The van der Waals surface area contributed by atoms with Crippen molar-refractivity contribution < 1.29 is 19.1 Å². The summed E-state index contributed by atoms with van der Waals surface area (Å²) >= 11 is 3.28. The second kappa shape index (κ2) is 7.37. The lowest BCUT2D eigenvalue weighted by atomic mass is 9.73. The summed E-state index contributed by atoms with van der Waals surface area (Å²) in [5, 5.41) is 0. The Balaban J connectivity index is 2.05. The molecule has 0 N–H and O–H groups in total. The molecule has 0 saturated carbocycles. The van der Waals surface area contributed by atoms with Crippen molar-refractivity contribution in [1.29, 1.82) is 0 Å². The minimum Gasteiger partial charge on any atom is -0.424 e. The molecular weight excluding hydrogens is 424 g/mol. The Bertz CT molecular complexity index is 897. The van der Waals surface area contributed by atoms with Crippen molar-refractivity contribution in [2.45, 2.75) is 58.2 Å². The van der Waals surface area contributed by atoms with Gasteiger partial charge in [0.15, 0.2) is 11.6 Å². The molecule has 148 valence electrons. The zero-order chi connectivity index (χ0) is 20.7. The number of benzene rings is 1. The highest BCUT2D eigenvalue weighted by molar-refractivity contribution is 9.10. The van der Waals surface area contributed by atoms with Crippen LogP contribution in [0.5, 0.6) is 11.8 Å². The smallest absolute Gasteiger partial charge is 0.321 e. The molecular formula is C21H23BrN2O4. The molecule has 0 bridgehead atoms. The van der Waals surface area contributed by atoms with E-state index in [1.807, 2.05) is 13.0 Å². The molecule has 1 fully saturated rings. The molecule has 6 nitrogen and oxygen atoms in total. The summed E-state index contributed by atoms with van der Waals surface area (Å²) in [4.78, 5) is 34.4. The highest BCUT2D eigenvalue weighted by atomic mass is 79.9. The summed E-state index contributed by atoms with van der Waals surface area (Å²) in [5.41, 5.74) is -0.543. The van der Waals surface area contributed by atoms with Gasteiger partial charge in [0.05, 0.1) is 4.47 Å². The van der Waals surface area contributed by atoms with E-state index in [-0.39, 0.29) is 17.6 Å². The van der Waals surface area contributed by atoms with Gasteiger partial charge in [-0.05, 0) is 73.3 Å². The molecule has 28 heavy (non-hydrogen) atoms. The molecule has 2 aromatic rings. The van der Waals surface area contributed by atoms with Gasteiger partial charge in [-0.3, -0.25) is 9.59 Å². The molecule has 0 spiro atoms. The Labute approximate surface area is 172 Å². The van der Waals surface area contributed by atoms with Gasteiger partial charge in [-0.2, -0.15) is 0 Å². The van der Waals surface area contributed by atoms with Gasteiger partial charge in [0.1, 0.15) is 22.9 Å². The van der Waals surface area contributed by atoms with Crippen molar-refractivity contribution in [3.8, 4) is 11.8 Å². The molecule has 2 heterocycles. The second-order valence-electron chi connectivity index (χ2n) is 7.78. The molecule has 1 aromatic carbocycles. The summed E-state index contributed by atoms with van der Waals surface area (Å²) < 4.78 is 12.3. The van der Waals surface area contributed by atoms with Gasteiger partial charge in [0.2, 0.25) is 0 Å². The number of hydrogen-bond acceptors (Lipinski definition) is 6. The highest BCUT2D eigenvalue weighted by Crippen LogP contribution is 2.40. The molecule has 3 rings (SSSR count). The normalized spacial score (nSPS) is 18.9. The molecule has 1 aromatic heterocycles. The number of ether oxygens (including phenoxy) is 2. The van der Waals surface area contributed by atoms with Gasteiger partial charge in [0.25, 0.3) is 0 Å². The molecule has 0 atom stereocenters. The van der Waals surface area contributed by atoms with Crippen molar-refractivity contribution in [2.24, 2.45) is 0 Å². The number of rotatable bonds is 4. The number of aromatic nitrogens is 2.